The zero-order chi connectivity index (χ0) is 18.6. The van der Waals surface area contributed by atoms with Gasteiger partial charge in [0.2, 0.25) is 10.0 Å². The summed E-state index contributed by atoms with van der Waals surface area (Å²) in [7, 11) is -3.63. The lowest BCUT2D eigenvalue weighted by Crippen LogP contribution is -2.32. The average molecular weight is 365 g/mol. The summed E-state index contributed by atoms with van der Waals surface area (Å²) in [5.74, 6) is -0.0150. The van der Waals surface area contributed by atoms with Gasteiger partial charge in [0.05, 0.1) is 10.9 Å². The fraction of sp³-hybridized carbons (Fsp3) is 0.182. The van der Waals surface area contributed by atoms with Crippen molar-refractivity contribution in [1.29, 1.82) is 0 Å². The first-order valence-electron chi connectivity index (χ1n) is 8.66. The van der Waals surface area contributed by atoms with E-state index in [1.165, 1.54) is 0 Å². The molecule has 0 spiro atoms. The normalized spacial score (nSPS) is 13.9. The maximum absolute atomic E-state index is 13.0. The van der Waals surface area contributed by atoms with Gasteiger partial charge in [-0.1, -0.05) is 85.3 Å². The maximum atomic E-state index is 13.0. The fourth-order valence-corrected chi connectivity index (χ4v) is 4.33. The highest BCUT2D eigenvalue weighted by Crippen LogP contribution is 2.32. The van der Waals surface area contributed by atoms with Crippen molar-refractivity contribution in [2.45, 2.75) is 30.7 Å². The quantitative estimate of drug-likeness (QED) is 0.681. The molecule has 0 aromatic heterocycles. The number of nitrogens with one attached hydrogen (secondary N) is 1. The third-order valence-electron chi connectivity index (χ3n) is 4.60. The standard InChI is InChI=1S/C22H23NO2S/c1-17-13-15-21(16-14-17)26(24,25)23-22(20-11-7-4-8-12-20)18(2)19-9-5-3-6-10-19/h3-16,18,22-23H,1-2H3. The first kappa shape index (κ1) is 18.4. The fourth-order valence-electron chi connectivity index (χ4n) is 3.02. The molecule has 134 valence electrons. The van der Waals surface area contributed by atoms with Gasteiger partial charge in [-0.3, -0.25) is 0 Å². The molecule has 0 saturated carbocycles. The largest absolute Gasteiger partial charge is 0.241 e. The van der Waals surface area contributed by atoms with E-state index in [9.17, 15) is 8.42 Å². The summed E-state index contributed by atoms with van der Waals surface area (Å²) in [5, 5.41) is 0. The van der Waals surface area contributed by atoms with E-state index < -0.39 is 10.0 Å². The number of hydrogen-bond donors (Lipinski definition) is 1. The molecule has 0 aliphatic rings. The second-order valence-electron chi connectivity index (χ2n) is 6.52. The molecule has 3 rings (SSSR count). The minimum Gasteiger partial charge on any atom is -0.207 e. The number of sulfonamides is 1. The van der Waals surface area contributed by atoms with E-state index in [1.54, 1.807) is 12.1 Å². The summed E-state index contributed by atoms with van der Waals surface area (Å²) in [6.45, 7) is 3.98. The van der Waals surface area contributed by atoms with Gasteiger partial charge in [0, 0.05) is 5.92 Å². The molecule has 0 bridgehead atoms. The van der Waals surface area contributed by atoms with Gasteiger partial charge in [0.1, 0.15) is 0 Å². The summed E-state index contributed by atoms with van der Waals surface area (Å²) < 4.78 is 28.8. The van der Waals surface area contributed by atoms with Crippen LogP contribution in [0.2, 0.25) is 0 Å². The van der Waals surface area contributed by atoms with Crippen LogP contribution in [0, 0.1) is 6.92 Å². The molecule has 0 radical (unpaired) electrons. The SMILES string of the molecule is Cc1ccc(S(=O)(=O)NC(c2ccccc2)C(C)c2ccccc2)cc1. The molecule has 3 aromatic rings. The van der Waals surface area contributed by atoms with Crippen LogP contribution in [0.5, 0.6) is 0 Å². The third kappa shape index (κ3) is 4.21. The Labute approximate surface area is 155 Å². The second-order valence-corrected chi connectivity index (χ2v) is 8.24. The molecule has 0 amide bonds. The van der Waals surface area contributed by atoms with Crippen molar-refractivity contribution in [3.63, 3.8) is 0 Å². The first-order chi connectivity index (χ1) is 12.5. The number of aryl methyl sites for hydroxylation is 1. The van der Waals surface area contributed by atoms with Crippen molar-refractivity contribution >= 4 is 10.0 Å². The Bertz CT molecular complexity index is 936. The summed E-state index contributed by atoms with van der Waals surface area (Å²) in [5.41, 5.74) is 3.06. The van der Waals surface area contributed by atoms with Gasteiger partial charge in [-0.25, -0.2) is 13.1 Å². The lowest BCUT2D eigenvalue weighted by molar-refractivity contribution is 0.516. The van der Waals surface area contributed by atoms with E-state index in [0.717, 1.165) is 16.7 Å². The highest BCUT2D eigenvalue weighted by Gasteiger charge is 2.26. The lowest BCUT2D eigenvalue weighted by atomic mass is 9.89. The van der Waals surface area contributed by atoms with Gasteiger partial charge in [-0.2, -0.15) is 0 Å². The van der Waals surface area contributed by atoms with Gasteiger partial charge >= 0.3 is 0 Å². The zero-order valence-electron chi connectivity index (χ0n) is 15.0. The van der Waals surface area contributed by atoms with Gasteiger partial charge in [0.15, 0.2) is 0 Å². The highest BCUT2D eigenvalue weighted by atomic mass is 32.2. The van der Waals surface area contributed by atoms with E-state index in [0.29, 0.717) is 0 Å². The first-order valence-corrected chi connectivity index (χ1v) is 10.1. The van der Waals surface area contributed by atoms with Crippen LogP contribution in [0.3, 0.4) is 0 Å². The average Bonchev–Trinajstić information content (AvgIpc) is 2.67. The minimum absolute atomic E-state index is 0.0150. The topological polar surface area (TPSA) is 46.2 Å². The molecule has 0 fully saturated rings. The maximum Gasteiger partial charge on any atom is 0.241 e. The second kappa shape index (κ2) is 7.85. The van der Waals surface area contributed by atoms with Gasteiger partial charge in [0.25, 0.3) is 0 Å². The van der Waals surface area contributed by atoms with Crippen LogP contribution < -0.4 is 4.72 Å². The van der Waals surface area contributed by atoms with Gasteiger partial charge < -0.3 is 0 Å². The van der Waals surface area contributed by atoms with Crippen molar-refractivity contribution in [3.8, 4) is 0 Å². The van der Waals surface area contributed by atoms with Crippen molar-refractivity contribution in [2.75, 3.05) is 0 Å². The number of rotatable bonds is 6. The molecule has 1 N–H and O–H groups in total. The third-order valence-corrected chi connectivity index (χ3v) is 6.05. The molecule has 26 heavy (non-hydrogen) atoms. The van der Waals surface area contributed by atoms with Crippen LogP contribution in [-0.4, -0.2) is 8.42 Å². The summed E-state index contributed by atoms with van der Waals surface area (Å²) in [6, 6.07) is 26.2. The van der Waals surface area contributed by atoms with Crippen LogP contribution >= 0.6 is 0 Å². The molecule has 4 heteroatoms. The van der Waals surface area contributed by atoms with E-state index in [-0.39, 0.29) is 16.9 Å². The Morgan fingerprint density at radius 2 is 1.23 bits per heavy atom. The Kier molecular flexibility index (Phi) is 5.55. The van der Waals surface area contributed by atoms with E-state index in [1.807, 2.05) is 86.6 Å². The molecule has 0 saturated heterocycles. The number of benzene rings is 3. The molecule has 0 heterocycles. The molecule has 2 atom stereocenters. The molecule has 0 aliphatic carbocycles. The Hall–Kier alpha value is -2.43. The van der Waals surface area contributed by atoms with Gasteiger partial charge in [-0.05, 0) is 30.2 Å². The highest BCUT2D eigenvalue weighted by molar-refractivity contribution is 7.89. The Balaban J connectivity index is 1.97. The summed E-state index contributed by atoms with van der Waals surface area (Å²) in [4.78, 5) is 0.282. The molecule has 0 aliphatic heterocycles. The molecule has 3 aromatic carbocycles. The van der Waals surface area contributed by atoms with E-state index in [4.69, 9.17) is 0 Å². The van der Waals surface area contributed by atoms with Crippen LogP contribution in [0.1, 0.15) is 35.6 Å². The lowest BCUT2D eigenvalue weighted by Gasteiger charge is -2.26. The van der Waals surface area contributed by atoms with Crippen molar-refractivity contribution in [2.24, 2.45) is 0 Å². The predicted octanol–water partition coefficient (Wildman–Crippen LogP) is 4.82. The van der Waals surface area contributed by atoms with Crippen molar-refractivity contribution in [1.82, 2.24) is 4.72 Å². The zero-order valence-corrected chi connectivity index (χ0v) is 15.8. The number of hydrogen-bond acceptors (Lipinski definition) is 2. The summed E-state index contributed by atoms with van der Waals surface area (Å²) >= 11 is 0. The monoisotopic (exact) mass is 365 g/mol. The minimum atomic E-state index is -3.63. The van der Waals surface area contributed by atoms with E-state index >= 15 is 0 Å². The van der Waals surface area contributed by atoms with Crippen LogP contribution in [0.25, 0.3) is 0 Å². The molecule has 3 nitrogen and oxygen atoms in total. The van der Waals surface area contributed by atoms with Crippen molar-refractivity contribution in [3.05, 3.63) is 102 Å². The Morgan fingerprint density at radius 1 is 0.731 bits per heavy atom. The predicted molar refractivity (Wildman–Crippen MR) is 106 cm³/mol. The van der Waals surface area contributed by atoms with Crippen LogP contribution in [0.4, 0.5) is 0 Å². The van der Waals surface area contributed by atoms with Crippen molar-refractivity contribution < 1.29 is 8.42 Å². The molecular formula is C22H23NO2S. The smallest absolute Gasteiger partial charge is 0.207 e. The molecule has 2 unspecified atom stereocenters. The molecular weight excluding hydrogens is 342 g/mol. The van der Waals surface area contributed by atoms with Crippen LogP contribution in [0.15, 0.2) is 89.8 Å². The van der Waals surface area contributed by atoms with E-state index in [2.05, 4.69) is 4.72 Å². The van der Waals surface area contributed by atoms with Crippen LogP contribution in [-0.2, 0) is 10.0 Å². The van der Waals surface area contributed by atoms with Gasteiger partial charge in [-0.15, -0.1) is 0 Å². The Morgan fingerprint density at radius 3 is 1.77 bits per heavy atom. The summed E-state index contributed by atoms with van der Waals surface area (Å²) in [6.07, 6.45) is 0.